The minimum Gasteiger partial charge on any atom is -0.361 e. The Balaban J connectivity index is 1.74. The van der Waals surface area contributed by atoms with Crippen LogP contribution in [0.25, 0.3) is 10.9 Å². The molecule has 1 N–H and O–H groups in total. The van der Waals surface area contributed by atoms with Crippen LogP contribution in [0.1, 0.15) is 47.9 Å². The quantitative estimate of drug-likeness (QED) is 0.237. The highest BCUT2D eigenvalue weighted by molar-refractivity contribution is 5.88. The number of nitrogens with one attached hydrogen (secondary N) is 1. The zero-order chi connectivity index (χ0) is 25.5. The van der Waals surface area contributed by atoms with E-state index < -0.39 is 10.8 Å². The van der Waals surface area contributed by atoms with Crippen molar-refractivity contribution in [1.29, 1.82) is 5.26 Å². The van der Waals surface area contributed by atoms with E-state index in [1.807, 2.05) is 36.5 Å². The minimum absolute atomic E-state index is 0.0178. The third-order valence-corrected chi connectivity index (χ3v) is 6.39. The number of aromatic nitrogens is 2. The summed E-state index contributed by atoms with van der Waals surface area (Å²) in [5.41, 5.74) is 4.63. The average molecular weight is 482 g/mol. The first-order chi connectivity index (χ1) is 17.5. The number of pyridine rings is 1. The molecule has 8 nitrogen and oxygen atoms in total. The average Bonchev–Trinajstić information content (AvgIpc) is 3.34. The number of aromatic amines is 1. The van der Waals surface area contributed by atoms with E-state index in [9.17, 15) is 14.9 Å². The molecule has 2 aromatic carbocycles. The number of nitro benzene ring substituents is 1. The molecule has 0 saturated heterocycles. The van der Waals surface area contributed by atoms with Crippen LogP contribution in [-0.4, -0.2) is 32.2 Å². The van der Waals surface area contributed by atoms with Crippen LogP contribution in [0.5, 0.6) is 0 Å². The number of carbonyl (C=O) groups is 1. The zero-order valence-electron chi connectivity index (χ0n) is 20.1. The molecule has 4 aromatic rings. The lowest BCUT2D eigenvalue weighted by Gasteiger charge is -2.25. The monoisotopic (exact) mass is 481 g/mol. The second-order valence-electron chi connectivity index (χ2n) is 8.63. The maximum absolute atomic E-state index is 13.7. The molecule has 0 bridgehead atoms. The molecule has 0 radical (unpaired) electrons. The smallest absolute Gasteiger partial charge is 0.269 e. The van der Waals surface area contributed by atoms with Gasteiger partial charge in [-0.05, 0) is 34.7 Å². The number of nitro groups is 1. The van der Waals surface area contributed by atoms with Gasteiger partial charge in [-0.3, -0.25) is 19.9 Å². The summed E-state index contributed by atoms with van der Waals surface area (Å²) in [6.45, 7) is 2.71. The van der Waals surface area contributed by atoms with Crippen molar-refractivity contribution in [2.75, 3.05) is 6.54 Å². The standard InChI is InChI=1S/C28H27N5O3/c1-2-21-8-4-11-24-26(18-31-28(21)24)25(22-9-3-10-23(15-22)33(35)36)16-27(34)32(14-6-12-29)19-20-7-5-13-30-17-20/h3-5,7-11,13,15,17-18,25,31H,2,6,14,16,19H2,1H3. The maximum Gasteiger partial charge on any atom is 0.269 e. The third-order valence-electron chi connectivity index (χ3n) is 6.39. The highest BCUT2D eigenvalue weighted by Crippen LogP contribution is 2.36. The van der Waals surface area contributed by atoms with E-state index in [1.54, 1.807) is 29.4 Å². The number of nitriles is 1. The summed E-state index contributed by atoms with van der Waals surface area (Å²) in [4.78, 5) is 33.9. The molecule has 0 saturated carbocycles. The molecular formula is C28H27N5O3. The molecule has 36 heavy (non-hydrogen) atoms. The Labute approximate surface area is 209 Å². The Hall–Kier alpha value is -4.51. The largest absolute Gasteiger partial charge is 0.361 e. The number of carbonyl (C=O) groups excluding carboxylic acids is 1. The number of non-ortho nitro benzene ring substituents is 1. The number of aryl methyl sites for hydroxylation is 1. The van der Waals surface area contributed by atoms with Crippen molar-refractivity contribution < 1.29 is 9.72 Å². The van der Waals surface area contributed by atoms with Gasteiger partial charge in [-0.25, -0.2) is 0 Å². The number of nitrogens with zero attached hydrogens (tertiary/aromatic N) is 4. The van der Waals surface area contributed by atoms with Crippen LogP contribution in [0.2, 0.25) is 0 Å². The molecular weight excluding hydrogens is 454 g/mol. The van der Waals surface area contributed by atoms with Gasteiger partial charge in [-0.1, -0.05) is 43.3 Å². The van der Waals surface area contributed by atoms with Gasteiger partial charge in [0.2, 0.25) is 5.91 Å². The van der Waals surface area contributed by atoms with E-state index in [0.29, 0.717) is 18.7 Å². The van der Waals surface area contributed by atoms with E-state index >= 15 is 0 Å². The Bertz CT molecular complexity index is 1410. The minimum atomic E-state index is -0.422. The van der Waals surface area contributed by atoms with Gasteiger partial charge in [0.25, 0.3) is 5.69 Å². The molecule has 182 valence electrons. The van der Waals surface area contributed by atoms with E-state index in [2.05, 4.69) is 29.0 Å². The molecule has 1 amide bonds. The molecule has 0 aliphatic carbocycles. The number of para-hydroxylation sites is 1. The van der Waals surface area contributed by atoms with E-state index in [0.717, 1.165) is 34.0 Å². The van der Waals surface area contributed by atoms with Gasteiger partial charge in [0, 0.05) is 67.1 Å². The summed E-state index contributed by atoms with van der Waals surface area (Å²) in [5.74, 6) is -0.539. The molecule has 1 unspecified atom stereocenters. The van der Waals surface area contributed by atoms with E-state index in [-0.39, 0.29) is 24.4 Å². The molecule has 4 rings (SSSR count). The molecule has 0 aliphatic heterocycles. The number of hydrogen-bond acceptors (Lipinski definition) is 5. The lowest BCUT2D eigenvalue weighted by Crippen LogP contribution is -2.32. The summed E-state index contributed by atoms with van der Waals surface area (Å²) >= 11 is 0. The zero-order valence-corrected chi connectivity index (χ0v) is 20.1. The third kappa shape index (κ3) is 5.41. The van der Waals surface area contributed by atoms with Crippen LogP contribution in [-0.2, 0) is 17.8 Å². The van der Waals surface area contributed by atoms with Crippen LogP contribution in [0.15, 0.2) is 73.2 Å². The fourth-order valence-electron chi connectivity index (χ4n) is 4.58. The van der Waals surface area contributed by atoms with Gasteiger partial charge in [-0.2, -0.15) is 5.26 Å². The summed E-state index contributed by atoms with van der Waals surface area (Å²) < 4.78 is 0. The predicted molar refractivity (Wildman–Crippen MR) is 137 cm³/mol. The van der Waals surface area contributed by atoms with Gasteiger partial charge in [-0.15, -0.1) is 0 Å². The molecule has 2 heterocycles. The topological polar surface area (TPSA) is 116 Å². The molecule has 0 fully saturated rings. The number of benzene rings is 2. The Morgan fingerprint density at radius 1 is 1.22 bits per heavy atom. The van der Waals surface area contributed by atoms with Gasteiger partial charge < -0.3 is 9.88 Å². The molecule has 0 aliphatic rings. The van der Waals surface area contributed by atoms with Crippen molar-refractivity contribution in [3.05, 3.63) is 106 Å². The lowest BCUT2D eigenvalue weighted by atomic mass is 9.87. The van der Waals surface area contributed by atoms with Gasteiger partial charge >= 0.3 is 0 Å². The summed E-state index contributed by atoms with van der Waals surface area (Å²) in [6.07, 6.45) is 6.45. The number of fused-ring (bicyclic) bond motifs is 1. The Kier molecular flexibility index (Phi) is 7.71. The van der Waals surface area contributed by atoms with Crippen LogP contribution >= 0.6 is 0 Å². The molecule has 0 spiro atoms. The van der Waals surface area contributed by atoms with Gasteiger partial charge in [0.15, 0.2) is 0 Å². The summed E-state index contributed by atoms with van der Waals surface area (Å²) in [7, 11) is 0. The molecule has 1 atom stereocenters. The normalized spacial score (nSPS) is 11.7. The maximum atomic E-state index is 13.7. The fourth-order valence-corrected chi connectivity index (χ4v) is 4.58. The van der Waals surface area contributed by atoms with Crippen LogP contribution in [0, 0.1) is 21.4 Å². The predicted octanol–water partition coefficient (Wildman–Crippen LogP) is 5.50. The molecule has 2 aromatic heterocycles. The van der Waals surface area contributed by atoms with Crippen molar-refractivity contribution in [1.82, 2.24) is 14.9 Å². The first-order valence-electron chi connectivity index (χ1n) is 11.9. The van der Waals surface area contributed by atoms with Crippen molar-refractivity contribution in [2.45, 2.75) is 38.6 Å². The second-order valence-corrected chi connectivity index (χ2v) is 8.63. The van der Waals surface area contributed by atoms with Gasteiger partial charge in [0.1, 0.15) is 0 Å². The first-order valence-corrected chi connectivity index (χ1v) is 11.9. The Morgan fingerprint density at radius 3 is 2.78 bits per heavy atom. The van der Waals surface area contributed by atoms with Crippen LogP contribution < -0.4 is 0 Å². The van der Waals surface area contributed by atoms with Crippen molar-refractivity contribution >= 4 is 22.5 Å². The number of hydrogen-bond donors (Lipinski definition) is 1. The van der Waals surface area contributed by atoms with Crippen molar-refractivity contribution in [3.63, 3.8) is 0 Å². The highest BCUT2D eigenvalue weighted by atomic mass is 16.6. The lowest BCUT2D eigenvalue weighted by molar-refractivity contribution is -0.384. The fraction of sp³-hybridized carbons (Fsp3) is 0.250. The second kappa shape index (κ2) is 11.3. The first kappa shape index (κ1) is 24.6. The molecule has 8 heteroatoms. The van der Waals surface area contributed by atoms with Crippen LogP contribution in [0.3, 0.4) is 0 Å². The number of H-pyrrole nitrogens is 1. The number of amides is 1. The van der Waals surface area contributed by atoms with E-state index in [1.165, 1.54) is 6.07 Å². The van der Waals surface area contributed by atoms with Crippen LogP contribution in [0.4, 0.5) is 5.69 Å². The van der Waals surface area contributed by atoms with Crippen molar-refractivity contribution in [2.24, 2.45) is 0 Å². The van der Waals surface area contributed by atoms with E-state index in [4.69, 9.17) is 5.26 Å². The van der Waals surface area contributed by atoms with Gasteiger partial charge in [0.05, 0.1) is 17.4 Å². The summed E-state index contributed by atoms with van der Waals surface area (Å²) in [5, 5.41) is 21.6. The highest BCUT2D eigenvalue weighted by Gasteiger charge is 2.26. The summed E-state index contributed by atoms with van der Waals surface area (Å²) in [6, 6.07) is 18.4. The Morgan fingerprint density at radius 2 is 2.06 bits per heavy atom. The number of rotatable bonds is 10. The van der Waals surface area contributed by atoms with Crippen molar-refractivity contribution in [3.8, 4) is 6.07 Å². The SMILES string of the molecule is CCc1cccc2c(C(CC(=O)N(CCC#N)Cc3cccnc3)c3cccc([N+](=O)[O-])c3)c[nH]c12.